The molecule has 0 spiro atoms. The summed E-state index contributed by atoms with van der Waals surface area (Å²) < 4.78 is 0. The highest BCUT2D eigenvalue weighted by molar-refractivity contribution is 4.82. The summed E-state index contributed by atoms with van der Waals surface area (Å²) in [6.07, 6.45) is 4.90. The summed E-state index contributed by atoms with van der Waals surface area (Å²) in [4.78, 5) is 0. The molecule has 0 saturated heterocycles. The van der Waals surface area contributed by atoms with Crippen LogP contribution in [0.4, 0.5) is 0 Å². The van der Waals surface area contributed by atoms with E-state index in [1.807, 2.05) is 13.8 Å². The van der Waals surface area contributed by atoms with Crippen LogP contribution in [0.3, 0.4) is 0 Å². The van der Waals surface area contributed by atoms with Crippen LogP contribution in [-0.4, -0.2) is 21.9 Å². The zero-order chi connectivity index (χ0) is 10.8. The van der Waals surface area contributed by atoms with Gasteiger partial charge >= 0.3 is 0 Å². The van der Waals surface area contributed by atoms with Gasteiger partial charge in [0, 0.05) is 0 Å². The van der Waals surface area contributed by atoms with Crippen LogP contribution in [0.15, 0.2) is 0 Å². The Balaban J connectivity index is 2.43. The average Bonchev–Trinajstić information content (AvgIpc) is 2.06. The summed E-state index contributed by atoms with van der Waals surface area (Å²) in [5.74, 6) is 1.06. The van der Waals surface area contributed by atoms with Crippen LogP contribution in [0, 0.1) is 11.8 Å². The Bertz CT molecular complexity index is 172. The third kappa shape index (κ3) is 3.58. The number of rotatable bonds is 3. The van der Waals surface area contributed by atoms with Crippen LogP contribution in [0.2, 0.25) is 0 Å². The van der Waals surface area contributed by atoms with Gasteiger partial charge < -0.3 is 10.2 Å². The predicted molar refractivity (Wildman–Crippen MR) is 58.0 cm³/mol. The molecule has 1 aliphatic carbocycles. The summed E-state index contributed by atoms with van der Waals surface area (Å²) in [5, 5.41) is 19.5. The van der Waals surface area contributed by atoms with Crippen LogP contribution in [0.1, 0.15) is 52.9 Å². The molecule has 84 valence electrons. The van der Waals surface area contributed by atoms with Gasteiger partial charge in [-0.05, 0) is 51.4 Å². The molecule has 2 N–H and O–H groups in total. The standard InChI is InChI=1S/C12H24O2/c1-4-10-7-9(5-6-11(10)13)8-12(2,3)14/h9-11,13-14H,4-8H2,1-3H3. The van der Waals surface area contributed by atoms with Gasteiger partial charge in [-0.1, -0.05) is 13.3 Å². The second-order valence-corrected chi connectivity index (χ2v) is 5.43. The van der Waals surface area contributed by atoms with E-state index in [0.29, 0.717) is 11.8 Å². The third-order valence-corrected chi connectivity index (χ3v) is 3.36. The third-order valence-electron chi connectivity index (χ3n) is 3.36. The number of aliphatic hydroxyl groups is 2. The fraction of sp³-hybridized carbons (Fsp3) is 1.00. The molecular weight excluding hydrogens is 176 g/mol. The van der Waals surface area contributed by atoms with Crippen LogP contribution >= 0.6 is 0 Å². The Morgan fingerprint density at radius 3 is 2.43 bits per heavy atom. The molecule has 1 rings (SSSR count). The first-order valence-electron chi connectivity index (χ1n) is 5.83. The molecule has 0 aromatic heterocycles. The van der Waals surface area contributed by atoms with E-state index in [4.69, 9.17) is 0 Å². The average molecular weight is 200 g/mol. The molecule has 0 heterocycles. The molecule has 1 fully saturated rings. The molecule has 0 bridgehead atoms. The van der Waals surface area contributed by atoms with Crippen molar-refractivity contribution < 1.29 is 10.2 Å². The highest BCUT2D eigenvalue weighted by atomic mass is 16.3. The van der Waals surface area contributed by atoms with Gasteiger partial charge in [-0.15, -0.1) is 0 Å². The van der Waals surface area contributed by atoms with E-state index in [1.54, 1.807) is 0 Å². The number of hydrogen-bond acceptors (Lipinski definition) is 2. The van der Waals surface area contributed by atoms with E-state index >= 15 is 0 Å². The predicted octanol–water partition coefficient (Wildman–Crippen LogP) is 2.33. The number of hydrogen-bond donors (Lipinski definition) is 2. The van der Waals surface area contributed by atoms with Crippen molar-refractivity contribution in [1.29, 1.82) is 0 Å². The number of aliphatic hydroxyl groups excluding tert-OH is 1. The SMILES string of the molecule is CCC1CC(CC(C)(C)O)CCC1O. The van der Waals surface area contributed by atoms with Crippen LogP contribution in [0.25, 0.3) is 0 Å². The smallest absolute Gasteiger partial charge is 0.0594 e. The Labute approximate surface area is 87.3 Å². The minimum Gasteiger partial charge on any atom is -0.393 e. The molecule has 0 aliphatic heterocycles. The van der Waals surface area contributed by atoms with Crippen molar-refractivity contribution in [3.8, 4) is 0 Å². The normalized spacial score (nSPS) is 34.5. The van der Waals surface area contributed by atoms with Gasteiger partial charge in [-0.2, -0.15) is 0 Å². The summed E-state index contributed by atoms with van der Waals surface area (Å²) in [6, 6.07) is 0. The fourth-order valence-electron chi connectivity index (χ4n) is 2.68. The lowest BCUT2D eigenvalue weighted by molar-refractivity contribution is 0.00556. The molecule has 14 heavy (non-hydrogen) atoms. The minimum absolute atomic E-state index is 0.0990. The lowest BCUT2D eigenvalue weighted by Crippen LogP contribution is -2.32. The maximum Gasteiger partial charge on any atom is 0.0594 e. The van der Waals surface area contributed by atoms with Crippen molar-refractivity contribution in [2.45, 2.75) is 64.6 Å². The van der Waals surface area contributed by atoms with E-state index < -0.39 is 5.60 Å². The quantitative estimate of drug-likeness (QED) is 0.734. The van der Waals surface area contributed by atoms with Crippen molar-refractivity contribution in [3.05, 3.63) is 0 Å². The Kier molecular flexibility index (Phi) is 3.96. The van der Waals surface area contributed by atoms with Crippen LogP contribution in [-0.2, 0) is 0 Å². The van der Waals surface area contributed by atoms with E-state index in [-0.39, 0.29) is 6.10 Å². The van der Waals surface area contributed by atoms with Crippen molar-refractivity contribution in [3.63, 3.8) is 0 Å². The van der Waals surface area contributed by atoms with Gasteiger partial charge in [0.15, 0.2) is 0 Å². The van der Waals surface area contributed by atoms with Crippen molar-refractivity contribution in [1.82, 2.24) is 0 Å². The largest absolute Gasteiger partial charge is 0.393 e. The molecule has 1 aliphatic rings. The van der Waals surface area contributed by atoms with Crippen LogP contribution in [0.5, 0.6) is 0 Å². The highest BCUT2D eigenvalue weighted by Gasteiger charge is 2.30. The fourth-order valence-corrected chi connectivity index (χ4v) is 2.68. The van der Waals surface area contributed by atoms with Gasteiger partial charge in [-0.3, -0.25) is 0 Å². The van der Waals surface area contributed by atoms with Crippen LogP contribution < -0.4 is 0 Å². The lowest BCUT2D eigenvalue weighted by Gasteiger charge is -2.35. The first-order valence-corrected chi connectivity index (χ1v) is 5.83. The second kappa shape index (κ2) is 4.63. The molecule has 2 heteroatoms. The lowest BCUT2D eigenvalue weighted by atomic mass is 9.74. The van der Waals surface area contributed by atoms with Gasteiger partial charge in [0.1, 0.15) is 0 Å². The van der Waals surface area contributed by atoms with Gasteiger partial charge in [0.05, 0.1) is 11.7 Å². The zero-order valence-electron chi connectivity index (χ0n) is 9.66. The summed E-state index contributed by atoms with van der Waals surface area (Å²) in [6.45, 7) is 5.89. The van der Waals surface area contributed by atoms with Gasteiger partial charge in [0.2, 0.25) is 0 Å². The van der Waals surface area contributed by atoms with Crippen molar-refractivity contribution in [2.24, 2.45) is 11.8 Å². The molecule has 0 radical (unpaired) electrons. The molecule has 0 aromatic rings. The Morgan fingerprint density at radius 2 is 1.93 bits per heavy atom. The first-order chi connectivity index (χ1) is 6.42. The Hall–Kier alpha value is -0.0800. The summed E-state index contributed by atoms with van der Waals surface area (Å²) in [5.41, 5.74) is -0.550. The Morgan fingerprint density at radius 1 is 1.29 bits per heavy atom. The van der Waals surface area contributed by atoms with Crippen molar-refractivity contribution in [2.75, 3.05) is 0 Å². The molecule has 0 amide bonds. The second-order valence-electron chi connectivity index (χ2n) is 5.43. The van der Waals surface area contributed by atoms with E-state index in [0.717, 1.165) is 32.1 Å². The molecular formula is C12H24O2. The molecule has 3 atom stereocenters. The summed E-state index contributed by atoms with van der Waals surface area (Å²) in [7, 11) is 0. The highest BCUT2D eigenvalue weighted by Crippen LogP contribution is 2.35. The minimum atomic E-state index is -0.550. The molecule has 1 saturated carbocycles. The van der Waals surface area contributed by atoms with Crippen molar-refractivity contribution >= 4 is 0 Å². The zero-order valence-corrected chi connectivity index (χ0v) is 9.66. The molecule has 3 unspecified atom stereocenters. The molecule has 2 nitrogen and oxygen atoms in total. The van der Waals surface area contributed by atoms with Gasteiger partial charge in [-0.25, -0.2) is 0 Å². The topological polar surface area (TPSA) is 40.5 Å². The monoisotopic (exact) mass is 200 g/mol. The maximum atomic E-state index is 9.73. The van der Waals surface area contributed by atoms with E-state index in [1.165, 1.54) is 0 Å². The summed E-state index contributed by atoms with van der Waals surface area (Å²) >= 11 is 0. The van der Waals surface area contributed by atoms with Gasteiger partial charge in [0.25, 0.3) is 0 Å². The molecule has 0 aromatic carbocycles. The van der Waals surface area contributed by atoms with E-state index in [2.05, 4.69) is 6.92 Å². The maximum absolute atomic E-state index is 9.73. The van der Waals surface area contributed by atoms with E-state index in [9.17, 15) is 10.2 Å². The first kappa shape index (κ1) is 12.0.